The maximum atomic E-state index is 12.6. The van der Waals surface area contributed by atoms with Crippen molar-refractivity contribution < 1.29 is 22.7 Å². The number of amides is 1. The Balaban J connectivity index is 1.96. The molecule has 24 heavy (non-hydrogen) atoms. The van der Waals surface area contributed by atoms with Gasteiger partial charge in [-0.25, -0.2) is 8.42 Å². The summed E-state index contributed by atoms with van der Waals surface area (Å²) < 4.78 is 38.2. The van der Waals surface area contributed by atoms with Gasteiger partial charge >= 0.3 is 0 Å². The van der Waals surface area contributed by atoms with E-state index < -0.39 is 10.0 Å². The number of carbonyl (C=O) groups excluding carboxylic acids is 1. The van der Waals surface area contributed by atoms with Crippen LogP contribution in [0.15, 0.2) is 41.3 Å². The van der Waals surface area contributed by atoms with Crippen LogP contribution in [0.2, 0.25) is 0 Å². The summed E-state index contributed by atoms with van der Waals surface area (Å²) in [4.78, 5) is 11.4. The van der Waals surface area contributed by atoms with Gasteiger partial charge in [0.2, 0.25) is 0 Å². The van der Waals surface area contributed by atoms with E-state index in [2.05, 4.69) is 10.0 Å². The molecular weight excluding hydrogens is 332 g/mol. The number of methoxy groups -OCH3 is 1. The normalized spacial score (nSPS) is 13.5. The second kappa shape index (κ2) is 6.04. The van der Waals surface area contributed by atoms with Gasteiger partial charge in [-0.2, -0.15) is 0 Å². The molecule has 0 fully saturated rings. The van der Waals surface area contributed by atoms with Crippen LogP contribution >= 0.6 is 0 Å². The van der Waals surface area contributed by atoms with E-state index in [-0.39, 0.29) is 17.4 Å². The minimum Gasteiger partial charge on any atom is -0.495 e. The minimum atomic E-state index is -3.85. The van der Waals surface area contributed by atoms with Crippen LogP contribution < -0.4 is 19.5 Å². The Morgan fingerprint density at radius 2 is 2.00 bits per heavy atom. The van der Waals surface area contributed by atoms with Crippen molar-refractivity contribution in [2.45, 2.75) is 11.8 Å². The smallest absolute Gasteiger partial charge is 0.262 e. The summed E-state index contributed by atoms with van der Waals surface area (Å²) in [5.74, 6) is 0.519. The molecule has 2 aromatic carbocycles. The lowest BCUT2D eigenvalue weighted by Crippen LogP contribution is -2.25. The molecule has 0 saturated carbocycles. The zero-order chi connectivity index (χ0) is 17.3. The maximum absolute atomic E-state index is 12.6. The van der Waals surface area contributed by atoms with E-state index in [0.717, 1.165) is 5.56 Å². The highest BCUT2D eigenvalue weighted by Crippen LogP contribution is 2.32. The molecule has 3 rings (SSSR count). The van der Waals surface area contributed by atoms with Crippen LogP contribution in [0.1, 0.15) is 5.56 Å². The number of carbonyl (C=O) groups is 1. The molecule has 8 heteroatoms. The van der Waals surface area contributed by atoms with Crippen molar-refractivity contribution in [3.8, 4) is 11.5 Å². The average Bonchev–Trinajstić information content (AvgIpc) is 2.54. The molecular formula is C16H16N2O5S. The summed E-state index contributed by atoms with van der Waals surface area (Å²) in [5.41, 5.74) is 1.56. The molecule has 1 aliphatic heterocycles. The summed E-state index contributed by atoms with van der Waals surface area (Å²) >= 11 is 0. The van der Waals surface area contributed by atoms with Crippen LogP contribution in [0.25, 0.3) is 0 Å². The fourth-order valence-electron chi connectivity index (χ4n) is 2.33. The molecule has 0 unspecified atom stereocenters. The molecule has 2 N–H and O–H groups in total. The second-order valence-electron chi connectivity index (χ2n) is 5.30. The monoisotopic (exact) mass is 348 g/mol. The molecule has 0 atom stereocenters. The first-order chi connectivity index (χ1) is 11.4. The number of hydrogen-bond acceptors (Lipinski definition) is 5. The van der Waals surface area contributed by atoms with Crippen molar-refractivity contribution in [1.82, 2.24) is 0 Å². The highest BCUT2D eigenvalue weighted by molar-refractivity contribution is 7.92. The Labute approximate surface area is 139 Å². The Morgan fingerprint density at radius 3 is 2.75 bits per heavy atom. The molecule has 0 aromatic heterocycles. The fourth-order valence-corrected chi connectivity index (χ4v) is 3.42. The first kappa shape index (κ1) is 16.1. The molecule has 0 radical (unpaired) electrons. The van der Waals surface area contributed by atoms with Crippen molar-refractivity contribution in [3.63, 3.8) is 0 Å². The lowest BCUT2D eigenvalue weighted by Gasteiger charge is -2.19. The maximum Gasteiger partial charge on any atom is 0.262 e. The van der Waals surface area contributed by atoms with E-state index in [1.807, 2.05) is 13.0 Å². The summed E-state index contributed by atoms with van der Waals surface area (Å²) in [7, 11) is -2.38. The van der Waals surface area contributed by atoms with Crippen LogP contribution in [-0.4, -0.2) is 28.0 Å². The zero-order valence-corrected chi connectivity index (χ0v) is 13.9. The molecule has 126 valence electrons. The number of hydrogen-bond donors (Lipinski definition) is 2. The topological polar surface area (TPSA) is 93.7 Å². The highest BCUT2D eigenvalue weighted by Gasteiger charge is 2.22. The SMILES string of the molecule is COc1ccc(C)cc1NS(=O)(=O)c1ccc2c(c1)NC(=O)CO2. The van der Waals surface area contributed by atoms with Crippen molar-refractivity contribution in [3.05, 3.63) is 42.0 Å². The van der Waals surface area contributed by atoms with Gasteiger partial charge in [-0.1, -0.05) is 6.07 Å². The summed E-state index contributed by atoms with van der Waals surface area (Å²) in [5, 5.41) is 2.59. The third-order valence-electron chi connectivity index (χ3n) is 3.49. The Hall–Kier alpha value is -2.74. The minimum absolute atomic E-state index is 0.00982. The van der Waals surface area contributed by atoms with Gasteiger partial charge in [0.25, 0.3) is 15.9 Å². The molecule has 1 aliphatic rings. The quantitative estimate of drug-likeness (QED) is 0.883. The Morgan fingerprint density at radius 1 is 1.21 bits per heavy atom. The van der Waals surface area contributed by atoms with Crippen molar-refractivity contribution >= 4 is 27.3 Å². The molecule has 7 nitrogen and oxygen atoms in total. The lowest BCUT2D eigenvalue weighted by molar-refractivity contribution is -0.118. The summed E-state index contributed by atoms with van der Waals surface area (Å²) in [6.07, 6.45) is 0. The molecule has 2 aromatic rings. The molecule has 1 amide bonds. The standard InChI is InChI=1S/C16H16N2O5S/c1-10-3-5-14(22-2)13(7-10)18-24(20,21)11-4-6-15-12(8-11)17-16(19)9-23-15/h3-8,18H,9H2,1-2H3,(H,17,19). The van der Waals surface area contributed by atoms with Gasteiger partial charge in [0.15, 0.2) is 6.61 Å². The fraction of sp³-hybridized carbons (Fsp3) is 0.188. The van der Waals surface area contributed by atoms with Crippen LogP contribution in [0.3, 0.4) is 0 Å². The average molecular weight is 348 g/mol. The molecule has 0 bridgehead atoms. The van der Waals surface area contributed by atoms with Crippen LogP contribution in [0.4, 0.5) is 11.4 Å². The first-order valence-corrected chi connectivity index (χ1v) is 8.61. The largest absolute Gasteiger partial charge is 0.495 e. The predicted octanol–water partition coefficient (Wildman–Crippen LogP) is 2.14. The predicted molar refractivity (Wildman–Crippen MR) is 89.1 cm³/mol. The van der Waals surface area contributed by atoms with Gasteiger partial charge in [-0.15, -0.1) is 0 Å². The van der Waals surface area contributed by atoms with E-state index in [0.29, 0.717) is 22.9 Å². The van der Waals surface area contributed by atoms with Gasteiger partial charge in [-0.05, 0) is 42.8 Å². The van der Waals surface area contributed by atoms with E-state index in [1.54, 1.807) is 12.1 Å². The lowest BCUT2D eigenvalue weighted by atomic mass is 10.2. The zero-order valence-electron chi connectivity index (χ0n) is 13.1. The number of anilines is 2. The summed E-state index contributed by atoms with van der Waals surface area (Å²) in [6, 6.07) is 9.48. The van der Waals surface area contributed by atoms with Crippen LogP contribution in [-0.2, 0) is 14.8 Å². The Bertz CT molecular complexity index is 909. The van der Waals surface area contributed by atoms with Gasteiger partial charge in [0.05, 0.1) is 23.4 Å². The molecule has 0 spiro atoms. The van der Waals surface area contributed by atoms with E-state index in [9.17, 15) is 13.2 Å². The molecule has 1 heterocycles. The number of ether oxygens (including phenoxy) is 2. The number of benzene rings is 2. The molecule has 0 aliphatic carbocycles. The third kappa shape index (κ3) is 3.13. The number of nitrogens with one attached hydrogen (secondary N) is 2. The van der Waals surface area contributed by atoms with Gasteiger partial charge in [0, 0.05) is 0 Å². The van der Waals surface area contributed by atoms with E-state index >= 15 is 0 Å². The van der Waals surface area contributed by atoms with Crippen molar-refractivity contribution in [2.75, 3.05) is 23.8 Å². The van der Waals surface area contributed by atoms with Gasteiger partial charge < -0.3 is 14.8 Å². The third-order valence-corrected chi connectivity index (χ3v) is 4.86. The van der Waals surface area contributed by atoms with E-state index in [1.165, 1.54) is 25.3 Å². The van der Waals surface area contributed by atoms with Gasteiger partial charge in [0.1, 0.15) is 11.5 Å². The number of fused-ring (bicyclic) bond motifs is 1. The van der Waals surface area contributed by atoms with Gasteiger partial charge in [-0.3, -0.25) is 9.52 Å². The Kier molecular flexibility index (Phi) is 4.06. The van der Waals surface area contributed by atoms with Crippen molar-refractivity contribution in [1.29, 1.82) is 0 Å². The number of sulfonamides is 1. The summed E-state index contributed by atoms with van der Waals surface area (Å²) in [6.45, 7) is 1.76. The van der Waals surface area contributed by atoms with Crippen molar-refractivity contribution in [2.24, 2.45) is 0 Å². The van der Waals surface area contributed by atoms with Crippen LogP contribution in [0.5, 0.6) is 11.5 Å². The first-order valence-electron chi connectivity index (χ1n) is 7.13. The van der Waals surface area contributed by atoms with E-state index in [4.69, 9.17) is 9.47 Å². The number of rotatable bonds is 4. The number of aryl methyl sites for hydroxylation is 1. The second-order valence-corrected chi connectivity index (χ2v) is 6.99. The van der Waals surface area contributed by atoms with Crippen LogP contribution in [0, 0.1) is 6.92 Å². The highest BCUT2D eigenvalue weighted by atomic mass is 32.2. The molecule has 0 saturated heterocycles.